The molecular formula is C27H27N5O19S6. The van der Waals surface area contributed by atoms with Crippen LogP contribution in [0.4, 0.5) is 28.4 Å². The minimum atomic E-state index is -4.57. The van der Waals surface area contributed by atoms with Crippen LogP contribution in [0.5, 0.6) is 5.75 Å². The van der Waals surface area contributed by atoms with Crippen LogP contribution in [0.25, 0.3) is 10.8 Å². The zero-order chi connectivity index (χ0) is 41.6. The van der Waals surface area contributed by atoms with E-state index in [-0.39, 0.29) is 72.8 Å². The van der Waals surface area contributed by atoms with Gasteiger partial charge in [0, 0.05) is 10.8 Å². The van der Waals surface area contributed by atoms with Gasteiger partial charge in [-0.25, -0.2) is 36.8 Å². The third-order valence-electron chi connectivity index (χ3n) is 6.87. The molecule has 0 amide bonds. The number of hydrogen-bond acceptors (Lipinski definition) is 25. The summed E-state index contributed by atoms with van der Waals surface area (Å²) in [5.74, 6) is -3.24. The first kappa shape index (κ1) is 45.9. The van der Waals surface area contributed by atoms with E-state index in [9.17, 15) is 39.1 Å². The van der Waals surface area contributed by atoms with Crippen molar-refractivity contribution >= 4 is 104 Å². The molecule has 0 spiro atoms. The SMILES string of the molecule is O=S(CCS(=O)(=O)c1cccc(/N=N/c2c(SOOO)cc3c(/N=N/c4ccc(S(=O)(=O)CCOSOOO)cc4)c(NCS(=O)(=O)O)ccc3c2O)c1)OOO. The van der Waals surface area contributed by atoms with Gasteiger partial charge in [0.15, 0.2) is 48.8 Å². The van der Waals surface area contributed by atoms with Crippen LogP contribution >= 0.6 is 24.4 Å². The first-order valence-corrected chi connectivity index (χ1v) is 22.4. The maximum absolute atomic E-state index is 12.8. The maximum Gasteiger partial charge on any atom is 0.283 e. The molecule has 57 heavy (non-hydrogen) atoms. The molecule has 0 fully saturated rings. The number of phenolic OH excluding ortho intramolecular Hbond substituents is 1. The van der Waals surface area contributed by atoms with Crippen LogP contribution in [0.2, 0.25) is 0 Å². The molecule has 0 aliphatic heterocycles. The van der Waals surface area contributed by atoms with Gasteiger partial charge in [0.25, 0.3) is 10.1 Å². The lowest BCUT2D eigenvalue weighted by atomic mass is 10.1. The Kier molecular flexibility index (Phi) is 17.1. The average molecular weight is 918 g/mol. The van der Waals surface area contributed by atoms with Gasteiger partial charge in [-0.2, -0.15) is 18.6 Å². The number of benzene rings is 4. The molecule has 0 aromatic heterocycles. The van der Waals surface area contributed by atoms with Crippen LogP contribution in [-0.4, -0.2) is 84.6 Å². The molecule has 30 heteroatoms. The molecule has 6 N–H and O–H groups in total. The second kappa shape index (κ2) is 21.3. The summed E-state index contributed by atoms with van der Waals surface area (Å²) in [6.45, 7) is -0.326. The number of anilines is 1. The monoisotopic (exact) mass is 917 g/mol. The van der Waals surface area contributed by atoms with E-state index >= 15 is 0 Å². The first-order valence-electron chi connectivity index (χ1n) is 14.9. The van der Waals surface area contributed by atoms with Gasteiger partial charge in [0.05, 0.1) is 67.7 Å². The van der Waals surface area contributed by atoms with Gasteiger partial charge in [-0.15, -0.1) is 23.2 Å². The molecule has 0 saturated carbocycles. The highest BCUT2D eigenvalue weighted by Crippen LogP contribution is 2.48. The summed E-state index contributed by atoms with van der Waals surface area (Å²) in [5, 5.41) is 65.8. The smallest absolute Gasteiger partial charge is 0.283 e. The van der Waals surface area contributed by atoms with Crippen molar-refractivity contribution in [2.75, 3.05) is 35.1 Å². The van der Waals surface area contributed by atoms with E-state index in [2.05, 4.69) is 53.9 Å². The van der Waals surface area contributed by atoms with E-state index in [4.69, 9.17) is 20.0 Å². The number of sulfone groups is 2. The Balaban J connectivity index is 1.73. The number of hydrogen-bond donors (Lipinski definition) is 6. The van der Waals surface area contributed by atoms with E-state index < -0.39 is 69.8 Å². The van der Waals surface area contributed by atoms with Crippen molar-refractivity contribution in [2.45, 2.75) is 14.7 Å². The van der Waals surface area contributed by atoms with E-state index in [0.29, 0.717) is 12.0 Å². The molecule has 0 heterocycles. The van der Waals surface area contributed by atoms with Crippen molar-refractivity contribution in [1.29, 1.82) is 0 Å². The highest BCUT2D eigenvalue weighted by Gasteiger charge is 2.21. The van der Waals surface area contributed by atoms with E-state index in [1.54, 1.807) is 0 Å². The predicted octanol–water partition coefficient (Wildman–Crippen LogP) is 5.70. The lowest BCUT2D eigenvalue weighted by Gasteiger charge is -2.14. The van der Waals surface area contributed by atoms with Crippen LogP contribution in [0.3, 0.4) is 0 Å². The number of nitrogens with zero attached hydrogens (tertiary/aromatic N) is 4. The molecule has 1 unspecified atom stereocenters. The van der Waals surface area contributed by atoms with Crippen LogP contribution in [0.1, 0.15) is 0 Å². The van der Waals surface area contributed by atoms with E-state index in [1.807, 2.05) is 0 Å². The van der Waals surface area contributed by atoms with Gasteiger partial charge in [-0.3, -0.25) is 8.74 Å². The average Bonchev–Trinajstić information content (AvgIpc) is 3.17. The molecule has 310 valence electrons. The summed E-state index contributed by atoms with van der Waals surface area (Å²) >= 11 is -1.74. The summed E-state index contributed by atoms with van der Waals surface area (Å²) in [6, 6.07) is 14.0. The van der Waals surface area contributed by atoms with Crippen LogP contribution in [0.15, 0.2) is 102 Å². The molecule has 0 saturated heterocycles. The quantitative estimate of drug-likeness (QED) is 0.0130. The Morgan fingerprint density at radius 2 is 1.40 bits per heavy atom. The molecule has 0 radical (unpaired) electrons. The second-order valence-corrected chi connectivity index (χ2v) is 18.5. The number of azo groups is 2. The topological polar surface area (TPSA) is 347 Å². The predicted molar refractivity (Wildman–Crippen MR) is 198 cm³/mol. The van der Waals surface area contributed by atoms with Crippen LogP contribution < -0.4 is 5.32 Å². The van der Waals surface area contributed by atoms with Crippen molar-refractivity contribution < 1.29 is 87.2 Å². The zero-order valence-corrected chi connectivity index (χ0v) is 33.0. The zero-order valence-electron chi connectivity index (χ0n) is 28.1. The van der Waals surface area contributed by atoms with Crippen molar-refractivity contribution in [2.24, 2.45) is 20.5 Å². The summed E-state index contributed by atoms with van der Waals surface area (Å²) in [5.41, 5.74) is -0.381. The fourth-order valence-electron chi connectivity index (χ4n) is 4.40. The van der Waals surface area contributed by atoms with Crippen molar-refractivity contribution in [3.8, 4) is 5.75 Å². The standard InChI is InChI=1S/C27H27N5O19S6/c33-27-21-8-9-23(28-16-57(42,43)44)25(31-29-17-4-6-19(7-5-17)55(38,39)12-10-45-53-50-47-35)22(21)15-24(52-49-46-34)26(27)32-30-18-2-1-3-20(14-18)56(40,41)13-11-54(37)51-48-36/h1-9,14-15,28,33-36H,10-13,16H2,(H,42,43,44)/b31-29+,32-30+. The molecule has 0 aliphatic carbocycles. The summed E-state index contributed by atoms with van der Waals surface area (Å²) < 4.78 is 112. The Hall–Kier alpha value is -3.80. The Morgan fingerprint density at radius 1 is 0.719 bits per heavy atom. The molecular weight excluding hydrogens is 891 g/mol. The van der Waals surface area contributed by atoms with Crippen molar-refractivity contribution in [3.05, 3.63) is 66.7 Å². The number of aromatic hydroxyl groups is 1. The Morgan fingerprint density at radius 3 is 2.09 bits per heavy atom. The van der Waals surface area contributed by atoms with Gasteiger partial charge < -0.3 is 10.4 Å². The minimum Gasteiger partial charge on any atom is -0.505 e. The molecule has 1 atom stereocenters. The Bertz CT molecular complexity index is 2440. The third kappa shape index (κ3) is 13.6. The maximum atomic E-state index is 12.8. The second-order valence-electron chi connectivity index (χ2n) is 10.5. The highest BCUT2D eigenvalue weighted by molar-refractivity contribution is 7.94. The third-order valence-corrected chi connectivity index (χ3v) is 12.8. The normalized spacial score (nSPS) is 13.2. The molecule has 0 bridgehead atoms. The fourth-order valence-corrected chi connectivity index (χ4v) is 9.02. The lowest BCUT2D eigenvalue weighted by molar-refractivity contribution is -0.434. The van der Waals surface area contributed by atoms with Crippen LogP contribution in [0, 0.1) is 0 Å². The first-order chi connectivity index (χ1) is 27.1. The van der Waals surface area contributed by atoms with E-state index in [1.165, 1.54) is 60.7 Å². The summed E-state index contributed by atoms with van der Waals surface area (Å²) in [6.07, 6.45) is 0. The minimum absolute atomic E-state index is 0.0146. The van der Waals surface area contributed by atoms with Gasteiger partial charge in [0.1, 0.15) is 17.3 Å². The largest absolute Gasteiger partial charge is 0.505 e. The van der Waals surface area contributed by atoms with Gasteiger partial charge in [0.2, 0.25) is 0 Å². The van der Waals surface area contributed by atoms with E-state index in [0.717, 1.165) is 6.07 Å². The number of nitrogens with one attached hydrogen (secondary N) is 1. The molecule has 24 nitrogen and oxygen atoms in total. The molecule has 4 aromatic rings. The molecule has 0 aliphatic rings. The summed E-state index contributed by atoms with van der Waals surface area (Å²) in [4.78, 5) is -0.469. The molecule has 4 aromatic carbocycles. The Labute approximate surface area is 332 Å². The summed E-state index contributed by atoms with van der Waals surface area (Å²) in [7, 11) is -12.5. The van der Waals surface area contributed by atoms with Crippen LogP contribution in [-0.2, 0) is 73.2 Å². The number of phenols is 1. The van der Waals surface area contributed by atoms with Gasteiger partial charge in [-0.05, 0) is 60.7 Å². The lowest BCUT2D eigenvalue weighted by Crippen LogP contribution is -2.14. The van der Waals surface area contributed by atoms with Crippen molar-refractivity contribution in [1.82, 2.24) is 0 Å². The molecule has 4 rings (SSSR count). The number of fused-ring (bicyclic) bond motifs is 1. The van der Waals surface area contributed by atoms with Gasteiger partial charge >= 0.3 is 0 Å². The van der Waals surface area contributed by atoms with Crippen molar-refractivity contribution in [3.63, 3.8) is 0 Å². The number of rotatable bonds is 23. The highest BCUT2D eigenvalue weighted by atomic mass is 32.2. The van der Waals surface area contributed by atoms with Gasteiger partial charge in [-0.1, -0.05) is 21.2 Å². The fraction of sp³-hybridized carbons (Fsp3) is 0.185.